The van der Waals surface area contributed by atoms with Crippen LogP contribution < -0.4 is 0 Å². The Balaban J connectivity index is 1.30. The monoisotopic (exact) mass is 364 g/mol. The fraction of sp³-hybridized carbons (Fsp3) is 0.368. The fourth-order valence-corrected chi connectivity index (χ4v) is 4.09. The van der Waals surface area contributed by atoms with Gasteiger partial charge < -0.3 is 9.64 Å². The summed E-state index contributed by atoms with van der Waals surface area (Å²) in [6.07, 6.45) is 5.82. The first-order chi connectivity index (χ1) is 13.3. The molecule has 0 atom stereocenters. The van der Waals surface area contributed by atoms with Gasteiger partial charge in [-0.15, -0.1) is 0 Å². The smallest absolute Gasteiger partial charge is 0.253 e. The first kappa shape index (κ1) is 16.2. The van der Waals surface area contributed by atoms with Crippen molar-refractivity contribution in [2.75, 3.05) is 19.7 Å². The van der Waals surface area contributed by atoms with Gasteiger partial charge >= 0.3 is 0 Å². The molecule has 3 aromatic rings. The second kappa shape index (κ2) is 6.31. The predicted octanol–water partition coefficient (Wildman–Crippen LogP) is 1.90. The van der Waals surface area contributed by atoms with Gasteiger partial charge in [0.05, 0.1) is 18.5 Å². The van der Waals surface area contributed by atoms with E-state index < -0.39 is 0 Å². The number of aromatic nitrogens is 5. The Kier molecular flexibility index (Phi) is 3.78. The van der Waals surface area contributed by atoms with Crippen LogP contribution in [0.1, 0.15) is 34.5 Å². The average molecular weight is 364 g/mol. The molecule has 1 aromatic carbocycles. The van der Waals surface area contributed by atoms with Crippen molar-refractivity contribution in [2.45, 2.75) is 24.9 Å². The topological polar surface area (TPSA) is 99.8 Å². The van der Waals surface area contributed by atoms with Crippen LogP contribution in [0.3, 0.4) is 0 Å². The van der Waals surface area contributed by atoms with E-state index in [1.807, 2.05) is 35.4 Å². The Hall–Kier alpha value is -3.00. The molecule has 138 valence electrons. The summed E-state index contributed by atoms with van der Waals surface area (Å²) >= 11 is 0. The van der Waals surface area contributed by atoms with Crippen LogP contribution in [0.15, 0.2) is 36.8 Å². The quantitative estimate of drug-likeness (QED) is 0.723. The van der Waals surface area contributed by atoms with E-state index in [2.05, 4.69) is 25.4 Å². The van der Waals surface area contributed by atoms with Crippen LogP contribution in [0.5, 0.6) is 0 Å². The third-order valence-electron chi connectivity index (χ3n) is 5.60. The summed E-state index contributed by atoms with van der Waals surface area (Å²) in [5.41, 5.74) is 3.60. The molecule has 5 rings (SSSR count). The molecule has 1 spiro atoms. The van der Waals surface area contributed by atoms with Crippen LogP contribution in [0, 0.1) is 0 Å². The number of aromatic amines is 2. The lowest BCUT2D eigenvalue weighted by molar-refractivity contribution is -0.0962. The summed E-state index contributed by atoms with van der Waals surface area (Å²) in [6, 6.07) is 7.46. The lowest BCUT2D eigenvalue weighted by Gasteiger charge is -2.43. The molecule has 2 aromatic heterocycles. The zero-order valence-corrected chi connectivity index (χ0v) is 14.8. The second-order valence-corrected chi connectivity index (χ2v) is 7.07. The van der Waals surface area contributed by atoms with E-state index in [9.17, 15) is 4.79 Å². The van der Waals surface area contributed by atoms with Crippen LogP contribution in [0.4, 0.5) is 0 Å². The molecule has 8 nitrogen and oxygen atoms in total. The highest BCUT2D eigenvalue weighted by Gasteiger charge is 2.43. The van der Waals surface area contributed by atoms with E-state index in [0.717, 1.165) is 30.5 Å². The lowest BCUT2D eigenvalue weighted by atomic mass is 9.83. The summed E-state index contributed by atoms with van der Waals surface area (Å²) in [4.78, 5) is 18.9. The molecular weight excluding hydrogens is 344 g/mol. The minimum atomic E-state index is -0.322. The van der Waals surface area contributed by atoms with Gasteiger partial charge in [0, 0.05) is 24.2 Å². The van der Waals surface area contributed by atoms with Gasteiger partial charge in [-0.05, 0) is 37.0 Å². The van der Waals surface area contributed by atoms with Crippen molar-refractivity contribution < 1.29 is 9.53 Å². The third-order valence-corrected chi connectivity index (χ3v) is 5.60. The molecule has 27 heavy (non-hydrogen) atoms. The highest BCUT2D eigenvalue weighted by atomic mass is 16.5. The van der Waals surface area contributed by atoms with E-state index >= 15 is 0 Å². The summed E-state index contributed by atoms with van der Waals surface area (Å²) < 4.78 is 6.16. The van der Waals surface area contributed by atoms with Crippen molar-refractivity contribution in [1.82, 2.24) is 30.3 Å². The molecule has 8 heteroatoms. The molecule has 1 amide bonds. The number of carbonyl (C=O) groups is 1. The van der Waals surface area contributed by atoms with Crippen LogP contribution in [0.2, 0.25) is 0 Å². The summed E-state index contributed by atoms with van der Waals surface area (Å²) in [5, 5.41) is 14.0. The number of H-pyrrole nitrogens is 2. The lowest BCUT2D eigenvalue weighted by Crippen LogP contribution is -2.48. The molecule has 1 saturated heterocycles. The van der Waals surface area contributed by atoms with Gasteiger partial charge in [0.2, 0.25) is 0 Å². The van der Waals surface area contributed by atoms with E-state index in [1.165, 1.54) is 11.9 Å². The number of amides is 1. The molecule has 0 radical (unpaired) electrons. The molecule has 0 unspecified atom stereocenters. The minimum absolute atomic E-state index is 0.0506. The minimum Gasteiger partial charge on any atom is -0.368 e. The number of nitrogens with zero attached hydrogens (tertiary/aromatic N) is 4. The van der Waals surface area contributed by atoms with Crippen LogP contribution in [-0.4, -0.2) is 55.9 Å². The summed E-state index contributed by atoms with van der Waals surface area (Å²) in [6.45, 7) is 2.05. The number of carbonyl (C=O) groups excluding carboxylic acids is 1. The molecule has 4 heterocycles. The van der Waals surface area contributed by atoms with Crippen molar-refractivity contribution in [2.24, 2.45) is 0 Å². The predicted molar refractivity (Wildman–Crippen MR) is 96.9 cm³/mol. The zero-order valence-electron chi connectivity index (χ0n) is 14.8. The van der Waals surface area contributed by atoms with Crippen LogP contribution >= 0.6 is 0 Å². The molecule has 1 fully saturated rings. The average Bonchev–Trinajstić information content (AvgIpc) is 3.41. The Morgan fingerprint density at radius 3 is 2.67 bits per heavy atom. The Morgan fingerprint density at radius 1 is 1.11 bits per heavy atom. The largest absolute Gasteiger partial charge is 0.368 e. The summed E-state index contributed by atoms with van der Waals surface area (Å²) in [7, 11) is 0. The van der Waals surface area contributed by atoms with Crippen molar-refractivity contribution in [3.8, 4) is 11.4 Å². The Bertz CT molecular complexity index is 939. The molecule has 0 aliphatic carbocycles. The van der Waals surface area contributed by atoms with E-state index in [1.54, 1.807) is 0 Å². The van der Waals surface area contributed by atoms with Crippen molar-refractivity contribution in [3.05, 3.63) is 53.6 Å². The number of hydrogen-bond acceptors (Lipinski definition) is 5. The van der Waals surface area contributed by atoms with Gasteiger partial charge in [0.1, 0.15) is 11.9 Å². The molecule has 0 bridgehead atoms. The molecule has 2 N–H and O–H groups in total. The fourth-order valence-electron chi connectivity index (χ4n) is 4.09. The van der Waals surface area contributed by atoms with E-state index in [4.69, 9.17) is 4.74 Å². The molecule has 2 aliphatic rings. The maximum atomic E-state index is 12.9. The first-order valence-corrected chi connectivity index (χ1v) is 9.17. The van der Waals surface area contributed by atoms with Crippen molar-refractivity contribution in [3.63, 3.8) is 0 Å². The molecule has 2 aliphatic heterocycles. The molecular formula is C19H20N6O2. The maximum absolute atomic E-state index is 12.9. The number of benzene rings is 1. The van der Waals surface area contributed by atoms with Crippen LogP contribution in [-0.2, 0) is 16.8 Å². The Labute approximate surface area is 156 Å². The summed E-state index contributed by atoms with van der Waals surface area (Å²) in [5.74, 6) is 0.744. The van der Waals surface area contributed by atoms with Gasteiger partial charge in [-0.25, -0.2) is 4.98 Å². The van der Waals surface area contributed by atoms with E-state index in [-0.39, 0.29) is 11.5 Å². The second-order valence-electron chi connectivity index (χ2n) is 7.07. The molecule has 0 saturated carbocycles. The number of rotatable bonds is 2. The Morgan fingerprint density at radius 2 is 1.93 bits per heavy atom. The van der Waals surface area contributed by atoms with Gasteiger partial charge in [-0.3, -0.25) is 15.0 Å². The highest BCUT2D eigenvalue weighted by Crippen LogP contribution is 2.40. The number of piperidine rings is 1. The maximum Gasteiger partial charge on any atom is 0.253 e. The number of hydrogen-bond donors (Lipinski definition) is 2. The normalized spacial score (nSPS) is 18.4. The first-order valence-electron chi connectivity index (χ1n) is 9.17. The number of fused-ring (bicyclic) bond motifs is 2. The number of likely N-dealkylation sites (tertiary alicyclic amines) is 1. The van der Waals surface area contributed by atoms with E-state index in [0.29, 0.717) is 31.1 Å². The van der Waals surface area contributed by atoms with Gasteiger partial charge in [0.15, 0.2) is 5.82 Å². The SMILES string of the molecule is O=C(c1ccc(-c2ncn[nH]2)cc1)N1CCC2(CC1)OCCc1cn[nH]c12. The van der Waals surface area contributed by atoms with Gasteiger partial charge in [0.25, 0.3) is 5.91 Å². The van der Waals surface area contributed by atoms with Gasteiger partial charge in [-0.2, -0.15) is 10.2 Å². The zero-order chi connectivity index (χ0) is 18.3. The number of nitrogens with one attached hydrogen (secondary N) is 2. The van der Waals surface area contributed by atoms with Crippen molar-refractivity contribution in [1.29, 1.82) is 0 Å². The third kappa shape index (κ3) is 2.73. The van der Waals surface area contributed by atoms with Gasteiger partial charge in [-0.1, -0.05) is 12.1 Å². The number of ether oxygens (including phenoxy) is 1. The standard InChI is InChI=1S/C19H20N6O2/c26-18(14-3-1-13(2-4-14)17-20-12-22-24-17)25-8-6-19(7-9-25)16-15(5-10-27-19)11-21-23-16/h1-4,11-12H,5-10H2,(H,21,23)(H,20,22,24). The van der Waals surface area contributed by atoms with Crippen molar-refractivity contribution >= 4 is 5.91 Å². The highest BCUT2D eigenvalue weighted by molar-refractivity contribution is 5.94. The van der Waals surface area contributed by atoms with Crippen LogP contribution in [0.25, 0.3) is 11.4 Å².